The molecule has 11 heteroatoms. The first-order valence-electron chi connectivity index (χ1n) is 12.0. The van der Waals surface area contributed by atoms with Gasteiger partial charge in [-0.15, -0.1) is 5.10 Å². The number of benzene rings is 2. The van der Waals surface area contributed by atoms with Crippen LogP contribution in [0.1, 0.15) is 30.5 Å². The van der Waals surface area contributed by atoms with E-state index in [-0.39, 0.29) is 5.02 Å². The summed E-state index contributed by atoms with van der Waals surface area (Å²) in [5.74, 6) is -0.510. The second kappa shape index (κ2) is 11.0. The third kappa shape index (κ3) is 5.69. The molecule has 0 spiro atoms. The van der Waals surface area contributed by atoms with Gasteiger partial charge in [-0.05, 0) is 79.1 Å². The lowest BCUT2D eigenvalue weighted by atomic mass is 10.1. The molecule has 0 aliphatic carbocycles. The molecule has 1 aliphatic heterocycles. The normalized spacial score (nSPS) is 15.7. The quantitative estimate of drug-likeness (QED) is 0.259. The van der Waals surface area contributed by atoms with Crippen molar-refractivity contribution in [2.75, 3.05) is 24.2 Å². The summed E-state index contributed by atoms with van der Waals surface area (Å²) in [7, 11) is 2.18. The maximum Gasteiger partial charge on any atom is 0.141 e. The van der Waals surface area contributed by atoms with Gasteiger partial charge < -0.3 is 15.5 Å². The maximum absolute atomic E-state index is 13.6. The SMILES string of the molecule is CN1CCCC1CCn1cc(CNc2cc(Br)c3ncc(C#N)c(Nc4ccc(F)c(Cl)c4)c3c2)nn1. The van der Waals surface area contributed by atoms with E-state index in [1.165, 1.54) is 37.7 Å². The molecular formula is C26H25BrClFN8. The molecule has 37 heavy (non-hydrogen) atoms. The van der Waals surface area contributed by atoms with Gasteiger partial charge in [0.05, 0.1) is 34.5 Å². The van der Waals surface area contributed by atoms with E-state index in [0.29, 0.717) is 35.0 Å². The largest absolute Gasteiger partial charge is 0.379 e. The molecule has 8 nitrogen and oxygen atoms in total. The second-order valence-corrected chi connectivity index (χ2v) is 10.4. The average Bonchev–Trinajstić information content (AvgIpc) is 3.52. The zero-order valence-electron chi connectivity index (χ0n) is 20.2. The van der Waals surface area contributed by atoms with Crippen LogP contribution in [-0.4, -0.2) is 44.5 Å². The van der Waals surface area contributed by atoms with E-state index in [4.69, 9.17) is 11.6 Å². The second-order valence-electron chi connectivity index (χ2n) is 9.16. The van der Waals surface area contributed by atoms with E-state index in [0.717, 1.165) is 34.2 Å². The minimum absolute atomic E-state index is 0.00582. The lowest BCUT2D eigenvalue weighted by Crippen LogP contribution is -2.26. The van der Waals surface area contributed by atoms with Crippen molar-refractivity contribution < 1.29 is 4.39 Å². The summed E-state index contributed by atoms with van der Waals surface area (Å²) >= 11 is 9.56. The van der Waals surface area contributed by atoms with Gasteiger partial charge in [-0.3, -0.25) is 9.67 Å². The predicted octanol–water partition coefficient (Wildman–Crippen LogP) is 6.09. The first kappa shape index (κ1) is 25.4. The number of hydrogen-bond donors (Lipinski definition) is 2. The fourth-order valence-electron chi connectivity index (χ4n) is 4.65. The van der Waals surface area contributed by atoms with Crippen molar-refractivity contribution in [3.63, 3.8) is 0 Å². The molecule has 3 heterocycles. The summed E-state index contributed by atoms with van der Waals surface area (Å²) in [5, 5.41) is 25.6. The Kier molecular flexibility index (Phi) is 7.55. The highest BCUT2D eigenvalue weighted by Crippen LogP contribution is 2.35. The van der Waals surface area contributed by atoms with Crippen LogP contribution in [0.5, 0.6) is 0 Å². The van der Waals surface area contributed by atoms with Crippen LogP contribution in [0, 0.1) is 17.1 Å². The zero-order valence-corrected chi connectivity index (χ0v) is 22.5. The Morgan fingerprint density at radius 3 is 2.89 bits per heavy atom. The van der Waals surface area contributed by atoms with Crippen molar-refractivity contribution in [1.82, 2.24) is 24.9 Å². The van der Waals surface area contributed by atoms with Gasteiger partial charge in [0.2, 0.25) is 0 Å². The molecule has 0 radical (unpaired) electrons. The van der Waals surface area contributed by atoms with Crippen LogP contribution >= 0.6 is 27.5 Å². The standard InChI is InChI=1S/C26H25BrClFN8/c1-36-7-2-3-20(36)6-8-37-15-19(34-35-37)14-31-18-9-21-25(33-17-4-5-24(29)23(28)11-17)16(12-30)13-32-26(21)22(27)10-18/h4-5,9-11,13,15,20,31H,2-3,6-8,14H2,1H3,(H,32,33). The molecule has 0 bridgehead atoms. The van der Waals surface area contributed by atoms with Crippen LogP contribution in [-0.2, 0) is 13.1 Å². The zero-order chi connectivity index (χ0) is 25.9. The number of fused-ring (bicyclic) bond motifs is 1. The Morgan fingerprint density at radius 2 is 2.14 bits per heavy atom. The molecule has 2 aromatic heterocycles. The van der Waals surface area contributed by atoms with E-state index < -0.39 is 5.82 Å². The van der Waals surface area contributed by atoms with Gasteiger partial charge >= 0.3 is 0 Å². The van der Waals surface area contributed by atoms with Crippen LogP contribution < -0.4 is 10.6 Å². The number of hydrogen-bond acceptors (Lipinski definition) is 7. The molecule has 5 rings (SSSR count). The third-order valence-corrected chi connectivity index (χ3v) is 7.55. The summed E-state index contributed by atoms with van der Waals surface area (Å²) in [6, 6.07) is 11.0. The van der Waals surface area contributed by atoms with E-state index in [9.17, 15) is 9.65 Å². The molecule has 0 amide bonds. The van der Waals surface area contributed by atoms with E-state index in [1.54, 1.807) is 6.07 Å². The number of nitrogens with one attached hydrogen (secondary N) is 2. The summed E-state index contributed by atoms with van der Waals surface area (Å²) in [6.45, 7) is 2.50. The highest BCUT2D eigenvalue weighted by atomic mass is 79.9. The number of anilines is 3. The van der Waals surface area contributed by atoms with Crippen LogP contribution in [0.15, 0.2) is 47.2 Å². The molecule has 4 aromatic rings. The van der Waals surface area contributed by atoms with Crippen molar-refractivity contribution in [1.29, 1.82) is 5.26 Å². The van der Waals surface area contributed by atoms with Crippen molar-refractivity contribution in [3.8, 4) is 6.07 Å². The molecule has 2 aromatic carbocycles. The lowest BCUT2D eigenvalue weighted by molar-refractivity contribution is 0.282. The van der Waals surface area contributed by atoms with Crippen molar-refractivity contribution in [3.05, 3.63) is 69.3 Å². The van der Waals surface area contributed by atoms with Crippen LogP contribution in [0.4, 0.5) is 21.5 Å². The van der Waals surface area contributed by atoms with Gasteiger partial charge in [-0.2, -0.15) is 5.26 Å². The first-order valence-corrected chi connectivity index (χ1v) is 13.2. The lowest BCUT2D eigenvalue weighted by Gasteiger charge is -2.18. The molecule has 1 unspecified atom stereocenters. The summed E-state index contributed by atoms with van der Waals surface area (Å²) in [5.41, 5.74) is 3.81. The van der Waals surface area contributed by atoms with Gasteiger partial charge in [0.25, 0.3) is 0 Å². The van der Waals surface area contributed by atoms with Gasteiger partial charge in [0.1, 0.15) is 17.6 Å². The van der Waals surface area contributed by atoms with Crippen LogP contribution in [0.2, 0.25) is 5.02 Å². The number of aryl methyl sites for hydroxylation is 1. The third-order valence-electron chi connectivity index (χ3n) is 6.66. The topological polar surface area (TPSA) is 94.7 Å². The molecule has 1 fully saturated rings. The Labute approximate surface area is 227 Å². The van der Waals surface area contributed by atoms with E-state index >= 15 is 0 Å². The smallest absolute Gasteiger partial charge is 0.141 e. The van der Waals surface area contributed by atoms with Gasteiger partial charge in [0.15, 0.2) is 0 Å². The molecule has 190 valence electrons. The molecular weight excluding hydrogens is 559 g/mol. The fourth-order valence-corrected chi connectivity index (χ4v) is 5.39. The number of halogens is 3. The number of nitrogens with zero attached hydrogens (tertiary/aromatic N) is 6. The number of likely N-dealkylation sites (tertiary alicyclic amines) is 1. The Hall–Kier alpha value is -3.26. The van der Waals surface area contributed by atoms with Gasteiger partial charge in [-0.25, -0.2) is 4.39 Å². The Bertz CT molecular complexity index is 1480. The van der Waals surface area contributed by atoms with Crippen molar-refractivity contribution in [2.45, 2.75) is 38.4 Å². The minimum atomic E-state index is -0.510. The van der Waals surface area contributed by atoms with Gasteiger partial charge in [-0.1, -0.05) is 16.8 Å². The summed E-state index contributed by atoms with van der Waals surface area (Å²) in [4.78, 5) is 6.87. The predicted molar refractivity (Wildman–Crippen MR) is 146 cm³/mol. The number of rotatable bonds is 8. The molecule has 1 atom stereocenters. The molecule has 0 saturated carbocycles. The Balaban J connectivity index is 1.35. The van der Waals surface area contributed by atoms with Crippen LogP contribution in [0.25, 0.3) is 10.9 Å². The van der Waals surface area contributed by atoms with E-state index in [1.807, 2.05) is 23.0 Å². The number of nitriles is 1. The molecule has 1 aliphatic rings. The number of pyridine rings is 1. The maximum atomic E-state index is 13.6. The minimum Gasteiger partial charge on any atom is -0.379 e. The van der Waals surface area contributed by atoms with Crippen molar-refractivity contribution in [2.24, 2.45) is 0 Å². The summed E-state index contributed by atoms with van der Waals surface area (Å²) in [6.07, 6.45) is 7.04. The van der Waals surface area contributed by atoms with Crippen molar-refractivity contribution >= 4 is 55.5 Å². The monoisotopic (exact) mass is 582 g/mol. The Morgan fingerprint density at radius 1 is 1.27 bits per heavy atom. The number of aromatic nitrogens is 4. The van der Waals surface area contributed by atoms with Gasteiger partial charge in [0, 0.05) is 40.0 Å². The first-order chi connectivity index (χ1) is 17.9. The fraction of sp³-hybridized carbons (Fsp3) is 0.308. The molecule has 1 saturated heterocycles. The highest BCUT2D eigenvalue weighted by molar-refractivity contribution is 9.10. The highest BCUT2D eigenvalue weighted by Gasteiger charge is 2.20. The molecule has 2 N–H and O–H groups in total. The average molecular weight is 584 g/mol. The van der Waals surface area contributed by atoms with Crippen LogP contribution in [0.3, 0.4) is 0 Å². The van der Waals surface area contributed by atoms with E-state index in [2.05, 4.69) is 59.9 Å². The summed E-state index contributed by atoms with van der Waals surface area (Å²) < 4.78 is 16.3.